The van der Waals surface area contributed by atoms with Gasteiger partial charge >= 0.3 is 5.76 Å². The second kappa shape index (κ2) is 6.19. The number of carbonyl (C=O) groups is 1. The summed E-state index contributed by atoms with van der Waals surface area (Å²) in [5.41, 5.74) is 1.23. The molecule has 2 aromatic heterocycles. The molecule has 0 N–H and O–H groups in total. The van der Waals surface area contributed by atoms with E-state index in [0.29, 0.717) is 29.4 Å². The van der Waals surface area contributed by atoms with Gasteiger partial charge in [-0.15, -0.1) is 0 Å². The van der Waals surface area contributed by atoms with Gasteiger partial charge in [0.15, 0.2) is 11.4 Å². The Labute approximate surface area is 143 Å². The molecule has 1 saturated heterocycles. The van der Waals surface area contributed by atoms with E-state index in [1.807, 2.05) is 18.2 Å². The number of nitrogens with zero attached hydrogens (tertiary/aromatic N) is 4. The van der Waals surface area contributed by atoms with Crippen LogP contribution in [0.25, 0.3) is 11.1 Å². The van der Waals surface area contributed by atoms with Gasteiger partial charge in [-0.3, -0.25) is 9.36 Å². The average molecular weight is 342 g/mol. The summed E-state index contributed by atoms with van der Waals surface area (Å²) >= 11 is 0. The van der Waals surface area contributed by atoms with Crippen molar-refractivity contribution >= 4 is 17.0 Å². The summed E-state index contributed by atoms with van der Waals surface area (Å²) in [6.45, 7) is 2.68. The lowest BCUT2D eigenvalue weighted by atomic mass is 10.2. The number of para-hydroxylation sites is 2. The van der Waals surface area contributed by atoms with E-state index in [1.54, 1.807) is 17.9 Å². The SMILES string of the molecule is Cc1nc([C@@H]2CCCN2C(=O)CCn2c(=O)oc3ccccc32)no1. The molecule has 3 aromatic rings. The Hall–Kier alpha value is -2.90. The van der Waals surface area contributed by atoms with Gasteiger partial charge in [-0.1, -0.05) is 17.3 Å². The van der Waals surface area contributed by atoms with Crippen LogP contribution in [0.15, 0.2) is 38.0 Å². The Morgan fingerprint density at radius 2 is 2.20 bits per heavy atom. The second-order valence-corrected chi connectivity index (χ2v) is 6.15. The maximum atomic E-state index is 12.7. The molecule has 1 aliphatic rings. The number of amides is 1. The third-order valence-electron chi connectivity index (χ3n) is 4.54. The number of fused-ring (bicyclic) bond motifs is 1. The van der Waals surface area contributed by atoms with Crippen molar-refractivity contribution in [1.82, 2.24) is 19.6 Å². The Kier molecular flexibility index (Phi) is 3.87. The average Bonchev–Trinajstić information content (AvgIpc) is 3.30. The molecule has 0 aliphatic carbocycles. The van der Waals surface area contributed by atoms with Crippen LogP contribution in [-0.4, -0.2) is 32.1 Å². The van der Waals surface area contributed by atoms with E-state index in [2.05, 4.69) is 10.1 Å². The zero-order valence-electron chi connectivity index (χ0n) is 13.8. The summed E-state index contributed by atoms with van der Waals surface area (Å²) < 4.78 is 11.7. The van der Waals surface area contributed by atoms with Crippen molar-refractivity contribution in [3.8, 4) is 0 Å². The number of likely N-dealkylation sites (tertiary alicyclic amines) is 1. The fourth-order valence-electron chi connectivity index (χ4n) is 3.36. The van der Waals surface area contributed by atoms with Gasteiger partial charge in [-0.05, 0) is 25.0 Å². The summed E-state index contributed by atoms with van der Waals surface area (Å²) in [7, 11) is 0. The Morgan fingerprint density at radius 1 is 1.36 bits per heavy atom. The van der Waals surface area contributed by atoms with Crippen molar-refractivity contribution in [1.29, 1.82) is 0 Å². The molecule has 0 spiro atoms. The highest BCUT2D eigenvalue weighted by molar-refractivity contribution is 5.77. The number of benzene rings is 1. The van der Waals surface area contributed by atoms with E-state index in [1.165, 1.54) is 4.57 Å². The molecule has 8 heteroatoms. The van der Waals surface area contributed by atoms with Gasteiger partial charge in [0.25, 0.3) is 0 Å². The topological polar surface area (TPSA) is 94.4 Å². The first-order valence-electron chi connectivity index (χ1n) is 8.31. The van der Waals surface area contributed by atoms with Crippen molar-refractivity contribution in [3.63, 3.8) is 0 Å². The van der Waals surface area contributed by atoms with Crippen molar-refractivity contribution in [2.45, 2.75) is 38.8 Å². The standard InChI is InChI=1S/C17H18N4O4/c1-11-18-16(19-25-11)13-6-4-9-20(13)15(22)8-10-21-12-5-2-3-7-14(12)24-17(21)23/h2-3,5,7,13H,4,6,8-10H2,1H3/t13-/m0/s1. The molecule has 1 aromatic carbocycles. The third kappa shape index (κ3) is 2.84. The molecule has 0 unspecified atom stereocenters. The lowest BCUT2D eigenvalue weighted by Gasteiger charge is -2.22. The van der Waals surface area contributed by atoms with Crippen LogP contribution in [0.1, 0.15) is 37.0 Å². The molecule has 1 atom stereocenters. The highest BCUT2D eigenvalue weighted by Gasteiger charge is 2.33. The molecule has 1 fully saturated rings. The van der Waals surface area contributed by atoms with Gasteiger partial charge in [0.05, 0.1) is 11.6 Å². The fourth-order valence-corrected chi connectivity index (χ4v) is 3.36. The number of hydrogen-bond acceptors (Lipinski definition) is 6. The molecular weight excluding hydrogens is 324 g/mol. The number of aromatic nitrogens is 3. The monoisotopic (exact) mass is 342 g/mol. The summed E-state index contributed by atoms with van der Waals surface area (Å²) in [5, 5.41) is 3.95. The smallest absolute Gasteiger partial charge is 0.408 e. The Morgan fingerprint density at radius 3 is 3.00 bits per heavy atom. The molecule has 130 valence electrons. The summed E-state index contributed by atoms with van der Waals surface area (Å²) in [5.74, 6) is 0.572. The highest BCUT2D eigenvalue weighted by atomic mass is 16.5. The fraction of sp³-hybridized carbons (Fsp3) is 0.412. The third-order valence-corrected chi connectivity index (χ3v) is 4.54. The number of rotatable bonds is 4. The minimum atomic E-state index is -0.444. The Bertz CT molecular complexity index is 970. The lowest BCUT2D eigenvalue weighted by molar-refractivity contribution is -0.132. The van der Waals surface area contributed by atoms with Crippen LogP contribution in [0.2, 0.25) is 0 Å². The van der Waals surface area contributed by atoms with E-state index in [0.717, 1.165) is 12.8 Å². The molecule has 25 heavy (non-hydrogen) atoms. The van der Waals surface area contributed by atoms with E-state index >= 15 is 0 Å². The first-order valence-corrected chi connectivity index (χ1v) is 8.31. The first-order chi connectivity index (χ1) is 12.1. The molecule has 8 nitrogen and oxygen atoms in total. The molecule has 4 rings (SSSR count). The second-order valence-electron chi connectivity index (χ2n) is 6.15. The number of carbonyl (C=O) groups excluding carboxylic acids is 1. The molecular formula is C17H18N4O4. The van der Waals surface area contributed by atoms with Gasteiger partial charge in [0.1, 0.15) is 0 Å². The zero-order chi connectivity index (χ0) is 17.4. The molecule has 0 bridgehead atoms. The maximum absolute atomic E-state index is 12.7. The summed E-state index contributed by atoms with van der Waals surface area (Å²) in [6, 6.07) is 7.05. The molecule has 3 heterocycles. The maximum Gasteiger partial charge on any atom is 0.419 e. The van der Waals surface area contributed by atoms with Crippen LogP contribution in [0.3, 0.4) is 0 Å². The van der Waals surface area contributed by atoms with Crippen LogP contribution in [0.4, 0.5) is 0 Å². The van der Waals surface area contributed by atoms with E-state index in [4.69, 9.17) is 8.94 Å². The Balaban J connectivity index is 1.50. The lowest BCUT2D eigenvalue weighted by Crippen LogP contribution is -2.32. The van der Waals surface area contributed by atoms with Crippen molar-refractivity contribution in [2.24, 2.45) is 0 Å². The van der Waals surface area contributed by atoms with Gasteiger partial charge < -0.3 is 13.8 Å². The largest absolute Gasteiger partial charge is 0.419 e. The molecule has 1 aliphatic heterocycles. The molecule has 0 radical (unpaired) electrons. The van der Waals surface area contributed by atoms with E-state index < -0.39 is 5.76 Å². The van der Waals surface area contributed by atoms with Gasteiger partial charge in [0, 0.05) is 26.4 Å². The predicted octanol–water partition coefficient (Wildman–Crippen LogP) is 2.04. The normalized spacial score (nSPS) is 17.5. The predicted molar refractivity (Wildman–Crippen MR) is 87.8 cm³/mol. The van der Waals surface area contributed by atoms with Crippen molar-refractivity contribution in [2.75, 3.05) is 6.54 Å². The van der Waals surface area contributed by atoms with Crippen LogP contribution in [0, 0.1) is 6.92 Å². The quantitative estimate of drug-likeness (QED) is 0.720. The van der Waals surface area contributed by atoms with Crippen LogP contribution in [0.5, 0.6) is 0 Å². The van der Waals surface area contributed by atoms with Crippen LogP contribution in [-0.2, 0) is 11.3 Å². The zero-order valence-corrected chi connectivity index (χ0v) is 13.8. The van der Waals surface area contributed by atoms with Gasteiger partial charge in [-0.2, -0.15) is 4.98 Å². The highest BCUT2D eigenvalue weighted by Crippen LogP contribution is 2.30. The van der Waals surface area contributed by atoms with Crippen LogP contribution < -0.4 is 5.76 Å². The summed E-state index contributed by atoms with van der Waals surface area (Å²) in [6.07, 6.45) is 1.94. The van der Waals surface area contributed by atoms with Gasteiger partial charge in [0.2, 0.25) is 11.8 Å². The number of aryl methyl sites for hydroxylation is 2. The van der Waals surface area contributed by atoms with Crippen molar-refractivity contribution < 1.29 is 13.7 Å². The van der Waals surface area contributed by atoms with Crippen LogP contribution >= 0.6 is 0 Å². The van der Waals surface area contributed by atoms with Gasteiger partial charge in [-0.25, -0.2) is 4.79 Å². The molecule has 1 amide bonds. The summed E-state index contributed by atoms with van der Waals surface area (Å²) in [4.78, 5) is 30.7. The minimum absolute atomic E-state index is 0.0258. The first kappa shape index (κ1) is 15.6. The minimum Gasteiger partial charge on any atom is -0.408 e. The van der Waals surface area contributed by atoms with E-state index in [9.17, 15) is 9.59 Å². The van der Waals surface area contributed by atoms with Crippen molar-refractivity contribution in [3.05, 3.63) is 46.5 Å². The van der Waals surface area contributed by atoms with E-state index in [-0.39, 0.29) is 24.9 Å². The number of oxazole rings is 1. The molecule has 0 saturated carbocycles. The number of hydrogen-bond donors (Lipinski definition) is 0.